The van der Waals surface area contributed by atoms with Crippen molar-refractivity contribution in [2.75, 3.05) is 7.11 Å². The van der Waals surface area contributed by atoms with E-state index in [2.05, 4.69) is 11.6 Å². The topological polar surface area (TPSA) is 87.2 Å². The molecular weight excluding hydrogens is 402 g/mol. The van der Waals surface area contributed by atoms with Gasteiger partial charge in [-0.3, -0.25) is 4.79 Å². The zero-order valence-corrected chi connectivity index (χ0v) is 18.7. The third kappa shape index (κ3) is 3.81. The summed E-state index contributed by atoms with van der Waals surface area (Å²) in [6.45, 7) is 6.14. The second kappa shape index (κ2) is 8.99. The standard InChI is InChI=1S/C26H29N3O3/c1-4-5-11-19-16(2)14-18(26(31)32-3)15-29-23(19)22(17-9-7-6-8-10-17)20-12-13-21(24(27)30)28-25(20)29/h4-5,11-14,17H,1,6-10,15H2,2-3H3,(H2,27,30)/b11-5-. The lowest BCUT2D eigenvalue weighted by molar-refractivity contribution is -0.136. The Balaban J connectivity index is 2.08. The van der Waals surface area contributed by atoms with Crippen molar-refractivity contribution < 1.29 is 14.3 Å². The van der Waals surface area contributed by atoms with Gasteiger partial charge in [0, 0.05) is 11.0 Å². The molecule has 0 atom stereocenters. The number of allylic oxidation sites excluding steroid dienone is 6. The van der Waals surface area contributed by atoms with Gasteiger partial charge in [-0.2, -0.15) is 0 Å². The zero-order chi connectivity index (χ0) is 22.8. The lowest BCUT2D eigenvalue weighted by Gasteiger charge is -2.24. The van der Waals surface area contributed by atoms with Crippen LogP contribution in [0.15, 0.2) is 54.2 Å². The van der Waals surface area contributed by atoms with E-state index in [0.717, 1.165) is 35.1 Å². The van der Waals surface area contributed by atoms with Gasteiger partial charge in [0.1, 0.15) is 11.3 Å². The zero-order valence-electron chi connectivity index (χ0n) is 18.7. The molecule has 2 aromatic rings. The number of hydrogen-bond acceptors (Lipinski definition) is 4. The molecule has 6 heteroatoms. The van der Waals surface area contributed by atoms with Crippen LogP contribution in [0.25, 0.3) is 16.6 Å². The van der Waals surface area contributed by atoms with Crippen molar-refractivity contribution in [3.05, 3.63) is 71.1 Å². The molecule has 4 rings (SSSR count). The summed E-state index contributed by atoms with van der Waals surface area (Å²) in [7, 11) is 1.39. The highest BCUT2D eigenvalue weighted by Gasteiger charge is 2.30. The number of carbonyl (C=O) groups excluding carboxylic acids is 2. The van der Waals surface area contributed by atoms with Crippen LogP contribution >= 0.6 is 0 Å². The lowest BCUT2D eigenvalue weighted by Crippen LogP contribution is -2.15. The molecule has 0 radical (unpaired) electrons. The Labute approximate surface area is 188 Å². The van der Waals surface area contributed by atoms with Gasteiger partial charge in [-0.1, -0.05) is 44.1 Å². The Morgan fingerprint density at radius 1 is 1.25 bits per heavy atom. The van der Waals surface area contributed by atoms with Crippen LogP contribution in [0.5, 0.6) is 0 Å². The number of rotatable bonds is 5. The number of pyridine rings is 1. The van der Waals surface area contributed by atoms with Gasteiger partial charge in [0.05, 0.1) is 24.9 Å². The number of esters is 1. The minimum Gasteiger partial charge on any atom is -0.466 e. The monoisotopic (exact) mass is 431 g/mol. The SMILES string of the molecule is C=C/C=C\C1=C(C)C=C(C(=O)OC)Cn2c1c(C1CCCCC1)c1ccc(C(N)=O)nc12. The van der Waals surface area contributed by atoms with Gasteiger partial charge in [0.2, 0.25) is 0 Å². The van der Waals surface area contributed by atoms with E-state index >= 15 is 0 Å². The van der Waals surface area contributed by atoms with E-state index in [1.807, 2.05) is 35.8 Å². The van der Waals surface area contributed by atoms with E-state index in [1.165, 1.54) is 31.9 Å². The molecule has 2 aliphatic rings. The molecule has 1 saturated carbocycles. The number of aromatic nitrogens is 2. The van der Waals surface area contributed by atoms with Crippen LogP contribution in [0, 0.1) is 0 Å². The van der Waals surface area contributed by atoms with E-state index in [9.17, 15) is 9.59 Å². The fourth-order valence-electron chi connectivity index (χ4n) is 5.00. The maximum Gasteiger partial charge on any atom is 0.335 e. The van der Waals surface area contributed by atoms with Gasteiger partial charge >= 0.3 is 5.97 Å². The summed E-state index contributed by atoms with van der Waals surface area (Å²) in [6, 6.07) is 3.66. The molecule has 32 heavy (non-hydrogen) atoms. The fourth-order valence-corrected chi connectivity index (χ4v) is 5.00. The molecule has 166 valence electrons. The Kier molecular flexibility index (Phi) is 6.12. The highest BCUT2D eigenvalue weighted by atomic mass is 16.5. The summed E-state index contributed by atoms with van der Waals surface area (Å²) >= 11 is 0. The molecule has 3 heterocycles. The van der Waals surface area contributed by atoms with Gasteiger partial charge in [-0.05, 0) is 55.0 Å². The number of amides is 1. The van der Waals surface area contributed by atoms with Crippen LogP contribution in [0.1, 0.15) is 66.7 Å². The van der Waals surface area contributed by atoms with E-state index in [4.69, 9.17) is 10.5 Å². The second-order valence-corrected chi connectivity index (χ2v) is 8.47. The molecule has 1 amide bonds. The summed E-state index contributed by atoms with van der Waals surface area (Å²) in [6.07, 6.45) is 13.4. The average Bonchev–Trinajstić information content (AvgIpc) is 3.03. The number of nitrogens with zero attached hydrogens (tertiary/aromatic N) is 2. The van der Waals surface area contributed by atoms with Gasteiger partial charge in [0.25, 0.3) is 5.91 Å². The molecule has 1 aliphatic heterocycles. The Hall–Kier alpha value is -3.41. The molecule has 0 unspecified atom stereocenters. The van der Waals surface area contributed by atoms with Gasteiger partial charge < -0.3 is 15.0 Å². The number of fused-ring (bicyclic) bond motifs is 3. The first-order valence-corrected chi connectivity index (χ1v) is 11.1. The molecule has 0 bridgehead atoms. The van der Waals surface area contributed by atoms with E-state index in [0.29, 0.717) is 23.7 Å². The van der Waals surface area contributed by atoms with E-state index in [-0.39, 0.29) is 11.7 Å². The van der Waals surface area contributed by atoms with Crippen molar-refractivity contribution in [1.29, 1.82) is 0 Å². The highest BCUT2D eigenvalue weighted by molar-refractivity contribution is 5.98. The molecule has 1 fully saturated rings. The fraction of sp³-hybridized carbons (Fsp3) is 0.346. The van der Waals surface area contributed by atoms with Crippen molar-refractivity contribution in [3.8, 4) is 0 Å². The summed E-state index contributed by atoms with van der Waals surface area (Å²) in [5.41, 5.74) is 11.2. The third-order valence-electron chi connectivity index (χ3n) is 6.46. The van der Waals surface area contributed by atoms with Crippen molar-refractivity contribution >= 4 is 28.5 Å². The Morgan fingerprint density at radius 3 is 2.66 bits per heavy atom. The average molecular weight is 432 g/mol. The molecule has 2 aromatic heterocycles. The van der Waals surface area contributed by atoms with Gasteiger partial charge in [-0.25, -0.2) is 9.78 Å². The first-order valence-electron chi connectivity index (χ1n) is 11.1. The first-order chi connectivity index (χ1) is 15.5. The number of ether oxygens (including phenoxy) is 1. The van der Waals surface area contributed by atoms with Gasteiger partial charge in [0.15, 0.2) is 0 Å². The molecule has 1 aliphatic carbocycles. The molecule has 0 aromatic carbocycles. The van der Waals surface area contributed by atoms with E-state index < -0.39 is 5.91 Å². The molecular formula is C26H29N3O3. The number of methoxy groups -OCH3 is 1. The van der Waals surface area contributed by atoms with Crippen LogP contribution in [0.2, 0.25) is 0 Å². The normalized spacial score (nSPS) is 17.2. The minimum absolute atomic E-state index is 0.213. The van der Waals surface area contributed by atoms with Gasteiger partial charge in [-0.15, -0.1) is 0 Å². The Morgan fingerprint density at radius 2 is 2.00 bits per heavy atom. The van der Waals surface area contributed by atoms with Crippen molar-refractivity contribution in [1.82, 2.24) is 9.55 Å². The summed E-state index contributed by atoms with van der Waals surface area (Å²) in [5, 5.41) is 1.01. The highest BCUT2D eigenvalue weighted by Crippen LogP contribution is 2.44. The van der Waals surface area contributed by atoms with Crippen LogP contribution < -0.4 is 5.73 Å². The Bertz CT molecular complexity index is 1190. The predicted molar refractivity (Wildman–Crippen MR) is 126 cm³/mol. The smallest absolute Gasteiger partial charge is 0.335 e. The molecule has 2 N–H and O–H groups in total. The molecule has 0 saturated heterocycles. The summed E-state index contributed by atoms with van der Waals surface area (Å²) < 4.78 is 7.10. The number of carbonyl (C=O) groups is 2. The summed E-state index contributed by atoms with van der Waals surface area (Å²) in [4.78, 5) is 29.1. The summed E-state index contributed by atoms with van der Waals surface area (Å²) in [5.74, 6) is -0.558. The van der Waals surface area contributed by atoms with Crippen molar-refractivity contribution in [2.24, 2.45) is 5.73 Å². The lowest BCUT2D eigenvalue weighted by atomic mass is 9.81. The number of primary amides is 1. The van der Waals surface area contributed by atoms with Crippen molar-refractivity contribution in [2.45, 2.75) is 51.5 Å². The van der Waals surface area contributed by atoms with Crippen molar-refractivity contribution in [3.63, 3.8) is 0 Å². The van der Waals surface area contributed by atoms with Crippen LogP contribution in [-0.4, -0.2) is 28.5 Å². The first kappa shape index (κ1) is 21.8. The number of hydrogen-bond donors (Lipinski definition) is 1. The largest absolute Gasteiger partial charge is 0.466 e. The van der Waals surface area contributed by atoms with E-state index in [1.54, 1.807) is 12.1 Å². The minimum atomic E-state index is -0.572. The van der Waals surface area contributed by atoms with Crippen LogP contribution in [0.4, 0.5) is 0 Å². The predicted octanol–water partition coefficient (Wildman–Crippen LogP) is 4.81. The third-order valence-corrected chi connectivity index (χ3v) is 6.46. The second-order valence-electron chi connectivity index (χ2n) is 8.47. The maximum atomic E-state index is 12.6. The van der Waals surface area contributed by atoms with Crippen LogP contribution in [0.3, 0.4) is 0 Å². The maximum absolute atomic E-state index is 12.6. The molecule has 6 nitrogen and oxygen atoms in total. The molecule has 0 spiro atoms. The number of nitrogens with two attached hydrogens (primary N) is 1. The quantitative estimate of drug-likeness (QED) is 0.543. The van der Waals surface area contributed by atoms with Crippen LogP contribution in [-0.2, 0) is 16.1 Å².